The molecular formula is C74H90N15O13+3. The van der Waals surface area contributed by atoms with Crippen LogP contribution in [0.2, 0.25) is 0 Å². The van der Waals surface area contributed by atoms with E-state index in [4.69, 9.17) is 25.7 Å². The summed E-state index contributed by atoms with van der Waals surface area (Å²) >= 11 is 0. The number of nitrogens with one attached hydrogen (secondary N) is 8. The first-order valence-corrected chi connectivity index (χ1v) is 33.6. The molecule has 28 nitrogen and oxygen atoms in total. The molecule has 0 radical (unpaired) electrons. The number of hydrazine groups is 1. The summed E-state index contributed by atoms with van der Waals surface area (Å²) in [5.41, 5.74) is 25.0. The lowest BCUT2D eigenvalue weighted by Crippen LogP contribution is -2.73. The van der Waals surface area contributed by atoms with Gasteiger partial charge in [0.15, 0.2) is 18.3 Å². The topological polar surface area (TPSA) is 393 Å². The molecule has 0 aromatic heterocycles. The fourth-order valence-corrected chi connectivity index (χ4v) is 12.8. The molecule has 3 heterocycles. The van der Waals surface area contributed by atoms with Gasteiger partial charge in [0.1, 0.15) is 75.5 Å². The number of imide groups is 1. The zero-order valence-corrected chi connectivity index (χ0v) is 58.9. The Morgan fingerprint density at radius 1 is 0.657 bits per heavy atom. The molecule has 102 heavy (non-hydrogen) atoms. The van der Waals surface area contributed by atoms with Gasteiger partial charge in [-0.1, -0.05) is 26.0 Å². The summed E-state index contributed by atoms with van der Waals surface area (Å²) < 4.78 is 16.0. The first-order valence-electron chi connectivity index (χ1n) is 33.6. The number of guanidine groups is 1. The zero-order chi connectivity index (χ0) is 74.0. The van der Waals surface area contributed by atoms with Crippen molar-refractivity contribution in [2.45, 2.75) is 83.0 Å². The number of hydrogen-bond donors (Lipinski definition) is 12. The van der Waals surface area contributed by atoms with Crippen molar-refractivity contribution in [3.8, 4) is 44.9 Å². The third kappa shape index (κ3) is 16.6. The van der Waals surface area contributed by atoms with Crippen LogP contribution in [0.1, 0.15) is 100 Å². The molecule has 9 rings (SSSR count). The highest BCUT2D eigenvalue weighted by Gasteiger charge is 2.54. The normalized spacial score (nSPS) is 15.1. The standard InChI is InChI=1S/C74H87N15O13/c1-41(2)66(82-83-68(93)43-19-25-50(56(34-43)73(99)100)65-53-28-22-46(87(7)8)37-61(53)102-62-38-47(88(9)10)23-29-54(62)65)71(96)89(32-14-15-48(89)40-90)84-58(17-13-31-78-74(76)77)69(94)79-39-63(91)80-57(16-11-12-30-75)70(95)81-67(92)42-18-24-49(55(33-42)72(97)98)64-51-26-20-44(85(3)4)35-59(51)101-60-36-45(86(5)6)21-27-52(60)64/h18-29,33-38,40-41,48,57-58,66,84H,11-17,30-32,39,75H2,1-10H3,(H8-2,76,77,78,79,80,81,91,92,93,94,95,97,98,99,100)/p+3/t48-,57-,58-,66-,89?/m0/s1. The van der Waals surface area contributed by atoms with E-state index in [0.717, 1.165) is 22.1 Å². The van der Waals surface area contributed by atoms with Crippen molar-refractivity contribution in [1.82, 2.24) is 46.7 Å². The number of benzene rings is 6. The molecule has 0 bridgehead atoms. The Morgan fingerprint density at radius 3 is 1.66 bits per heavy atom. The molecule has 4 aromatic carbocycles. The van der Waals surface area contributed by atoms with E-state index >= 15 is 4.79 Å². The van der Waals surface area contributed by atoms with Crippen LogP contribution < -0.4 is 78.7 Å². The molecule has 5 atom stereocenters. The van der Waals surface area contributed by atoms with Gasteiger partial charge in [-0.3, -0.25) is 44.9 Å². The number of hydrogen-bond acceptors (Lipinski definition) is 17. The highest BCUT2D eigenvalue weighted by molar-refractivity contribution is 6.12. The number of anilines is 2. The Morgan fingerprint density at radius 2 is 1.18 bits per heavy atom. The Balaban J connectivity index is 0.923. The molecule has 14 N–H and O–H groups in total. The third-order valence-corrected chi connectivity index (χ3v) is 18.4. The lowest BCUT2D eigenvalue weighted by molar-refractivity contribution is -0.903. The van der Waals surface area contributed by atoms with E-state index in [9.17, 15) is 48.6 Å². The Bertz CT molecular complexity index is 4680. The smallest absolute Gasteiger partial charge is 0.352 e. The number of quaternary nitrogens is 1. The van der Waals surface area contributed by atoms with Crippen LogP contribution in [0.5, 0.6) is 0 Å². The fraction of sp³-hybridized carbons (Fsp3) is 0.351. The quantitative estimate of drug-likeness (QED) is 0.00480. The minimum absolute atomic E-state index is 0.000516. The number of nitrogens with two attached hydrogens (primary N) is 2. The van der Waals surface area contributed by atoms with Crippen LogP contribution in [-0.2, 0) is 24.0 Å². The van der Waals surface area contributed by atoms with Gasteiger partial charge >= 0.3 is 17.8 Å². The van der Waals surface area contributed by atoms with Crippen LogP contribution in [0.25, 0.3) is 66.8 Å². The van der Waals surface area contributed by atoms with Crippen LogP contribution in [0.15, 0.2) is 118 Å². The van der Waals surface area contributed by atoms with Crippen LogP contribution in [-0.4, -0.2) is 181 Å². The van der Waals surface area contributed by atoms with Gasteiger partial charge < -0.3 is 56.3 Å². The summed E-state index contributed by atoms with van der Waals surface area (Å²) in [7, 11) is 15.1. The van der Waals surface area contributed by atoms with E-state index in [2.05, 4.69) is 37.5 Å². The molecule has 1 fully saturated rings. The molecular weight excluding hydrogens is 1310 g/mol. The molecule has 3 aliphatic heterocycles. The lowest BCUT2D eigenvalue weighted by Gasteiger charge is -2.40. The highest BCUT2D eigenvalue weighted by Crippen LogP contribution is 2.44. The van der Waals surface area contributed by atoms with Crippen molar-refractivity contribution in [3.63, 3.8) is 0 Å². The number of likely N-dealkylation sites (tertiary alicyclic amines) is 1. The maximum Gasteiger partial charge on any atom is 0.352 e. The van der Waals surface area contributed by atoms with Crippen molar-refractivity contribution in [1.29, 1.82) is 5.41 Å². The van der Waals surface area contributed by atoms with E-state index in [0.29, 0.717) is 86.8 Å². The number of carbonyl (C=O) groups is 9. The summed E-state index contributed by atoms with van der Waals surface area (Å²) in [6.45, 7) is 3.06. The van der Waals surface area contributed by atoms with Gasteiger partial charge in [-0.15, -0.1) is 5.43 Å². The second-order valence-corrected chi connectivity index (χ2v) is 26.6. The van der Waals surface area contributed by atoms with Crippen molar-refractivity contribution >= 4 is 92.9 Å². The molecule has 4 aromatic rings. The van der Waals surface area contributed by atoms with Gasteiger partial charge in [0.2, 0.25) is 28.4 Å². The average molecular weight is 1400 g/mol. The minimum atomic E-state index is -1.36. The molecule has 28 heteroatoms. The first-order chi connectivity index (χ1) is 48.5. The summed E-state index contributed by atoms with van der Waals surface area (Å²) in [6.07, 6.45) is 2.08. The number of fused-ring (bicyclic) bond motifs is 4. The van der Waals surface area contributed by atoms with Gasteiger partial charge in [-0.25, -0.2) is 29.0 Å². The number of aromatic carboxylic acids is 2. The monoisotopic (exact) mass is 1400 g/mol. The second kappa shape index (κ2) is 32.4. The van der Waals surface area contributed by atoms with E-state index in [1.165, 1.54) is 30.3 Å². The van der Waals surface area contributed by atoms with Gasteiger partial charge in [0.05, 0.1) is 29.8 Å². The SMILES string of the molecule is CC(C)[C@H](NNC(=O)c1ccc(-c2c3ccc(=[N+](C)C)cc-3oc3cc(N(C)C)ccc23)c(C(=O)O)c1)C(=O)[N+]1(N[C@@H](CCCNC(=N)N)C(=O)NCC(=O)N[C@@H](CCCCN)C(=O)NC(=O)c2ccc(-c3c4ccc(=[N+](C)C)cc-4oc4cc(N(C)C)ccc34)c(C(=O)O)c2)CCC[C@H]1C=O. The van der Waals surface area contributed by atoms with E-state index in [1.54, 1.807) is 19.9 Å². The summed E-state index contributed by atoms with van der Waals surface area (Å²) in [6, 6.07) is 25.8. The van der Waals surface area contributed by atoms with Crippen molar-refractivity contribution in [3.05, 3.63) is 142 Å². The second-order valence-electron chi connectivity index (χ2n) is 26.6. The Hall–Kier alpha value is -11.2. The van der Waals surface area contributed by atoms with Gasteiger partial charge in [-0.2, -0.15) is 4.59 Å². The number of carboxylic acids is 2. The number of unbranched alkanes of at least 4 members (excludes halogenated alkanes) is 1. The summed E-state index contributed by atoms with van der Waals surface area (Å²) in [5.74, 6) is -7.57. The van der Waals surface area contributed by atoms with Gasteiger partial charge in [-0.05, 0) is 116 Å². The fourth-order valence-electron chi connectivity index (χ4n) is 12.8. The van der Waals surface area contributed by atoms with E-state index < -0.39 is 88.6 Å². The molecule has 0 spiro atoms. The van der Waals surface area contributed by atoms with E-state index in [-0.39, 0.29) is 79.1 Å². The Kier molecular flexibility index (Phi) is 23.8. The third-order valence-electron chi connectivity index (χ3n) is 18.4. The van der Waals surface area contributed by atoms with Crippen LogP contribution in [0.3, 0.4) is 0 Å². The highest BCUT2D eigenvalue weighted by atomic mass is 16.4. The van der Waals surface area contributed by atoms with Crippen LogP contribution in [0, 0.1) is 11.3 Å². The first kappa shape index (κ1) is 75.0. The molecule has 6 amide bonds. The minimum Gasteiger partial charge on any atom is -0.478 e. The predicted molar refractivity (Wildman–Crippen MR) is 388 cm³/mol. The number of aldehydes is 1. The van der Waals surface area contributed by atoms with Crippen molar-refractivity contribution in [2.24, 2.45) is 17.4 Å². The lowest BCUT2D eigenvalue weighted by atomic mass is 9.89. The van der Waals surface area contributed by atoms with Crippen LogP contribution >= 0.6 is 0 Å². The molecule has 1 unspecified atom stereocenters. The number of nitrogens with zero attached hydrogens (tertiary/aromatic N) is 5. The predicted octanol–water partition coefficient (Wildman–Crippen LogP) is 4.10. The number of carboxylic acid groups (broad SMARTS) is 2. The molecule has 2 aliphatic carbocycles. The van der Waals surface area contributed by atoms with E-state index in [1.807, 2.05) is 148 Å². The summed E-state index contributed by atoms with van der Waals surface area (Å²) in [5, 5.41) is 42.4. The maximum atomic E-state index is 15.4. The van der Waals surface area contributed by atoms with Crippen molar-refractivity contribution in [2.75, 3.05) is 92.4 Å². The number of carbonyl (C=O) groups excluding carboxylic acids is 7. The Labute approximate surface area is 589 Å². The summed E-state index contributed by atoms with van der Waals surface area (Å²) in [4.78, 5) is 130. The average Bonchev–Trinajstić information content (AvgIpc) is 0.904. The van der Waals surface area contributed by atoms with Crippen LogP contribution in [0.4, 0.5) is 11.4 Å². The maximum absolute atomic E-state index is 15.4. The largest absolute Gasteiger partial charge is 0.478 e. The van der Waals surface area contributed by atoms with Crippen molar-refractivity contribution < 1.29 is 66.8 Å². The molecule has 536 valence electrons. The zero-order valence-electron chi connectivity index (χ0n) is 58.9. The van der Waals surface area contributed by atoms with Gasteiger partial charge in [0.25, 0.3) is 11.8 Å². The van der Waals surface area contributed by atoms with Gasteiger partial charge in [0, 0.05) is 127 Å². The number of rotatable bonds is 28. The molecule has 0 saturated carbocycles. The molecule has 5 aliphatic rings. The number of amides is 6. The molecule has 1 saturated heterocycles.